The van der Waals surface area contributed by atoms with Gasteiger partial charge in [0.05, 0.1) is 23.4 Å². The molecular formula is C27H28FN5O2S. The first kappa shape index (κ1) is 24.0. The number of carbonyl (C=O) groups excluding carboxylic acids is 1. The lowest BCUT2D eigenvalue weighted by Gasteiger charge is -2.40. The Hall–Kier alpha value is -3.72. The Kier molecular flexibility index (Phi) is 6.73. The molecule has 186 valence electrons. The number of carbonyl (C=O) groups is 1. The third kappa shape index (κ3) is 4.83. The molecule has 1 saturated heterocycles. The molecule has 0 bridgehead atoms. The lowest BCUT2D eigenvalue weighted by molar-refractivity contribution is 0.168. The van der Waals surface area contributed by atoms with Crippen molar-refractivity contribution < 1.29 is 13.9 Å². The number of ether oxygens (including phenoxy) is 1. The number of aromatic nitrogens is 2. The molecule has 7 nitrogen and oxygen atoms in total. The molecule has 3 heterocycles. The molecule has 5 rings (SSSR count). The quantitative estimate of drug-likeness (QED) is 0.389. The average molecular weight is 506 g/mol. The number of anilines is 1. The molecule has 0 spiro atoms. The standard InChI is InChI=1S/C27H28FN5O2S/c1-17-15-32(11-12-33(17)27(34)31-18(2)20-5-4-6-22(13-20)35-3)26-25-23(29-16-30-26)14-24(36-25)19-7-9-21(28)10-8-19/h4-10,13-14,16-18H,11-12,15H2,1-3H3,(H,31,34)/t17-,18+/m1/s1. The van der Waals surface area contributed by atoms with Crippen molar-refractivity contribution in [3.05, 3.63) is 72.3 Å². The van der Waals surface area contributed by atoms with Gasteiger partial charge in [-0.2, -0.15) is 0 Å². The predicted molar refractivity (Wildman–Crippen MR) is 141 cm³/mol. The molecule has 2 atom stereocenters. The Balaban J connectivity index is 1.29. The van der Waals surface area contributed by atoms with E-state index in [4.69, 9.17) is 4.74 Å². The summed E-state index contributed by atoms with van der Waals surface area (Å²) in [7, 11) is 1.63. The number of fused-ring (bicyclic) bond motifs is 1. The van der Waals surface area contributed by atoms with Crippen LogP contribution in [0.25, 0.3) is 20.7 Å². The summed E-state index contributed by atoms with van der Waals surface area (Å²) in [5, 5.41) is 3.12. The van der Waals surface area contributed by atoms with Gasteiger partial charge in [-0.05, 0) is 55.3 Å². The monoisotopic (exact) mass is 505 g/mol. The van der Waals surface area contributed by atoms with Crippen LogP contribution in [0.2, 0.25) is 0 Å². The summed E-state index contributed by atoms with van der Waals surface area (Å²) in [5.74, 6) is 1.38. The Bertz CT molecular complexity index is 1380. The van der Waals surface area contributed by atoms with Gasteiger partial charge in [-0.15, -0.1) is 11.3 Å². The zero-order valence-electron chi connectivity index (χ0n) is 20.4. The van der Waals surface area contributed by atoms with Crippen molar-refractivity contribution in [2.45, 2.75) is 25.9 Å². The van der Waals surface area contributed by atoms with Crippen molar-refractivity contribution in [3.8, 4) is 16.2 Å². The molecule has 36 heavy (non-hydrogen) atoms. The molecule has 9 heteroatoms. The van der Waals surface area contributed by atoms with Gasteiger partial charge in [0.2, 0.25) is 0 Å². The number of hydrogen-bond acceptors (Lipinski definition) is 6. The van der Waals surface area contributed by atoms with E-state index in [2.05, 4.69) is 27.1 Å². The maximum Gasteiger partial charge on any atom is 0.318 e. The summed E-state index contributed by atoms with van der Waals surface area (Å²) in [6.45, 7) is 5.94. The number of rotatable bonds is 5. The molecule has 2 aromatic carbocycles. The van der Waals surface area contributed by atoms with E-state index >= 15 is 0 Å². The minimum atomic E-state index is -0.255. The second-order valence-corrected chi connectivity index (χ2v) is 10.0. The van der Waals surface area contributed by atoms with Crippen LogP contribution in [0.3, 0.4) is 0 Å². The van der Waals surface area contributed by atoms with Crippen LogP contribution in [-0.4, -0.2) is 53.7 Å². The number of methoxy groups -OCH3 is 1. The molecule has 0 radical (unpaired) electrons. The summed E-state index contributed by atoms with van der Waals surface area (Å²) in [5.41, 5.74) is 2.81. The Morgan fingerprint density at radius 3 is 2.72 bits per heavy atom. The first-order chi connectivity index (χ1) is 17.4. The van der Waals surface area contributed by atoms with Crippen molar-refractivity contribution in [1.29, 1.82) is 0 Å². The highest BCUT2D eigenvalue weighted by Gasteiger charge is 2.30. The first-order valence-corrected chi connectivity index (χ1v) is 12.7. The summed E-state index contributed by atoms with van der Waals surface area (Å²) in [6.07, 6.45) is 1.58. The molecular weight excluding hydrogens is 477 g/mol. The number of thiophene rings is 1. The minimum absolute atomic E-state index is 0.00203. The Labute approximate surface area is 213 Å². The Morgan fingerprint density at radius 1 is 1.17 bits per heavy atom. The van der Waals surface area contributed by atoms with E-state index in [1.807, 2.05) is 42.2 Å². The van der Waals surface area contributed by atoms with E-state index in [-0.39, 0.29) is 23.9 Å². The number of amides is 2. The van der Waals surface area contributed by atoms with E-state index in [1.165, 1.54) is 12.1 Å². The fourth-order valence-electron chi connectivity index (χ4n) is 4.54. The van der Waals surface area contributed by atoms with Crippen molar-refractivity contribution in [2.75, 3.05) is 31.6 Å². The Morgan fingerprint density at radius 2 is 1.97 bits per heavy atom. The minimum Gasteiger partial charge on any atom is -0.497 e. The summed E-state index contributed by atoms with van der Waals surface area (Å²) >= 11 is 1.60. The maximum absolute atomic E-state index is 13.4. The zero-order chi connectivity index (χ0) is 25.2. The van der Waals surface area contributed by atoms with Gasteiger partial charge in [0.25, 0.3) is 0 Å². The molecule has 1 aliphatic heterocycles. The van der Waals surface area contributed by atoms with E-state index < -0.39 is 0 Å². The molecule has 0 saturated carbocycles. The van der Waals surface area contributed by atoms with Gasteiger partial charge in [-0.1, -0.05) is 24.3 Å². The lowest BCUT2D eigenvalue weighted by atomic mass is 10.1. The van der Waals surface area contributed by atoms with Crippen LogP contribution in [-0.2, 0) is 0 Å². The van der Waals surface area contributed by atoms with Gasteiger partial charge in [-0.25, -0.2) is 19.2 Å². The summed E-state index contributed by atoms with van der Waals surface area (Å²) < 4.78 is 19.7. The van der Waals surface area contributed by atoms with Crippen LogP contribution >= 0.6 is 11.3 Å². The number of nitrogens with zero attached hydrogens (tertiary/aromatic N) is 4. The smallest absolute Gasteiger partial charge is 0.318 e. The van der Waals surface area contributed by atoms with Crippen molar-refractivity contribution in [3.63, 3.8) is 0 Å². The predicted octanol–water partition coefficient (Wildman–Crippen LogP) is 5.49. The normalized spacial score (nSPS) is 16.7. The topological polar surface area (TPSA) is 70.6 Å². The van der Waals surface area contributed by atoms with Crippen LogP contribution in [0.1, 0.15) is 25.5 Å². The van der Waals surface area contributed by atoms with E-state index in [0.29, 0.717) is 19.6 Å². The number of benzene rings is 2. The van der Waals surface area contributed by atoms with Crippen LogP contribution in [0.4, 0.5) is 15.0 Å². The van der Waals surface area contributed by atoms with Gasteiger partial charge < -0.3 is 19.9 Å². The first-order valence-electron chi connectivity index (χ1n) is 11.9. The second kappa shape index (κ2) is 10.1. The van der Waals surface area contributed by atoms with Gasteiger partial charge in [0.1, 0.15) is 23.7 Å². The number of piperazine rings is 1. The molecule has 4 aromatic rings. The second-order valence-electron chi connectivity index (χ2n) is 8.97. The highest BCUT2D eigenvalue weighted by molar-refractivity contribution is 7.22. The zero-order valence-corrected chi connectivity index (χ0v) is 21.3. The van der Waals surface area contributed by atoms with Gasteiger partial charge in [0, 0.05) is 30.6 Å². The molecule has 2 aromatic heterocycles. The van der Waals surface area contributed by atoms with Crippen molar-refractivity contribution >= 4 is 33.4 Å². The average Bonchev–Trinajstić information content (AvgIpc) is 3.33. The van der Waals surface area contributed by atoms with Crippen LogP contribution < -0.4 is 15.0 Å². The largest absolute Gasteiger partial charge is 0.497 e. The fourth-order valence-corrected chi connectivity index (χ4v) is 5.67. The summed E-state index contributed by atoms with van der Waals surface area (Å²) in [4.78, 5) is 27.3. The lowest BCUT2D eigenvalue weighted by Crippen LogP contribution is -2.57. The highest BCUT2D eigenvalue weighted by Crippen LogP contribution is 2.37. The van der Waals surface area contributed by atoms with E-state index in [1.54, 1.807) is 36.9 Å². The maximum atomic E-state index is 13.4. The van der Waals surface area contributed by atoms with Crippen LogP contribution in [0.5, 0.6) is 5.75 Å². The SMILES string of the molecule is COc1cccc([C@H](C)NC(=O)N2CCN(c3ncnc4cc(-c5ccc(F)cc5)sc34)C[C@H]2C)c1. The third-order valence-electron chi connectivity index (χ3n) is 6.54. The molecule has 0 aliphatic carbocycles. The highest BCUT2D eigenvalue weighted by atomic mass is 32.1. The molecule has 0 unspecified atom stereocenters. The number of hydrogen-bond donors (Lipinski definition) is 1. The van der Waals surface area contributed by atoms with E-state index in [9.17, 15) is 9.18 Å². The molecule has 1 N–H and O–H groups in total. The fraction of sp³-hybridized carbons (Fsp3) is 0.296. The van der Waals surface area contributed by atoms with Crippen molar-refractivity contribution in [2.24, 2.45) is 0 Å². The van der Waals surface area contributed by atoms with E-state index in [0.717, 1.165) is 37.8 Å². The van der Waals surface area contributed by atoms with Crippen molar-refractivity contribution in [1.82, 2.24) is 20.2 Å². The number of urea groups is 1. The molecule has 1 aliphatic rings. The molecule has 1 fully saturated rings. The summed E-state index contributed by atoms with van der Waals surface area (Å²) in [6, 6.07) is 16.0. The third-order valence-corrected chi connectivity index (χ3v) is 7.71. The van der Waals surface area contributed by atoms with Gasteiger partial charge >= 0.3 is 6.03 Å². The number of nitrogens with one attached hydrogen (secondary N) is 1. The van der Waals surface area contributed by atoms with Gasteiger partial charge in [0.15, 0.2) is 0 Å². The van der Waals surface area contributed by atoms with Gasteiger partial charge in [-0.3, -0.25) is 0 Å². The molecule has 2 amide bonds. The van der Waals surface area contributed by atoms with Crippen LogP contribution in [0.15, 0.2) is 60.9 Å². The van der Waals surface area contributed by atoms with Crippen LogP contribution in [0, 0.1) is 5.82 Å². The number of halogens is 1.